The highest BCUT2D eigenvalue weighted by molar-refractivity contribution is 5.53. The monoisotopic (exact) mass is 317 g/mol. The number of benzene rings is 1. The summed E-state index contributed by atoms with van der Waals surface area (Å²) < 4.78 is 11.6. The second-order valence-corrected chi connectivity index (χ2v) is 7.65. The van der Waals surface area contributed by atoms with E-state index >= 15 is 0 Å². The van der Waals surface area contributed by atoms with Crippen LogP contribution < -0.4 is 9.47 Å². The summed E-state index contributed by atoms with van der Waals surface area (Å²) in [7, 11) is 1.72. The molecule has 4 nitrogen and oxygen atoms in total. The van der Waals surface area contributed by atoms with E-state index in [1.807, 2.05) is 13.8 Å². The predicted molar refractivity (Wildman–Crippen MR) is 89.1 cm³/mol. The van der Waals surface area contributed by atoms with E-state index < -0.39 is 0 Å². The van der Waals surface area contributed by atoms with Crippen LogP contribution in [0.25, 0.3) is 0 Å². The van der Waals surface area contributed by atoms with Crippen LogP contribution in [-0.4, -0.2) is 41.9 Å². The van der Waals surface area contributed by atoms with E-state index in [0.29, 0.717) is 6.04 Å². The summed E-state index contributed by atoms with van der Waals surface area (Å²) in [4.78, 5) is 2.57. The quantitative estimate of drug-likeness (QED) is 0.931. The third-order valence-corrected chi connectivity index (χ3v) is 6.00. The Balaban J connectivity index is 1.80. The lowest BCUT2D eigenvalue weighted by molar-refractivity contribution is 0.0382. The third-order valence-electron chi connectivity index (χ3n) is 6.00. The van der Waals surface area contributed by atoms with Crippen LogP contribution in [-0.2, 0) is 12.0 Å². The van der Waals surface area contributed by atoms with Crippen molar-refractivity contribution >= 4 is 0 Å². The van der Waals surface area contributed by atoms with Gasteiger partial charge in [0.25, 0.3) is 0 Å². The van der Waals surface area contributed by atoms with Gasteiger partial charge in [-0.2, -0.15) is 0 Å². The highest BCUT2D eigenvalue weighted by Crippen LogP contribution is 2.55. The molecule has 2 fully saturated rings. The molecule has 1 aliphatic carbocycles. The summed E-state index contributed by atoms with van der Waals surface area (Å²) in [5.74, 6) is 1.70. The zero-order valence-corrected chi connectivity index (χ0v) is 14.3. The molecule has 3 aliphatic rings. The highest BCUT2D eigenvalue weighted by atomic mass is 16.5. The SMILES string of the molecule is COc1cc2c(cc1OC(C)C)CN1CC[C@@]23CC[C@@H](O)C[C@H]13. The molecule has 1 N–H and O–H groups in total. The normalized spacial score (nSPS) is 34.9. The number of rotatable bonds is 3. The molecule has 0 spiro atoms. The number of aliphatic hydroxyl groups excluding tert-OH is 1. The maximum Gasteiger partial charge on any atom is 0.161 e. The van der Waals surface area contributed by atoms with Crippen molar-refractivity contribution in [1.29, 1.82) is 0 Å². The minimum Gasteiger partial charge on any atom is -0.493 e. The van der Waals surface area contributed by atoms with Crippen LogP contribution in [0.2, 0.25) is 0 Å². The van der Waals surface area contributed by atoms with Crippen LogP contribution in [0.4, 0.5) is 0 Å². The van der Waals surface area contributed by atoms with Gasteiger partial charge in [0.2, 0.25) is 0 Å². The first kappa shape index (κ1) is 15.3. The Morgan fingerprint density at radius 1 is 1.26 bits per heavy atom. The molecule has 0 amide bonds. The molecule has 1 saturated carbocycles. The summed E-state index contributed by atoms with van der Waals surface area (Å²) in [5.41, 5.74) is 3.03. The van der Waals surface area contributed by atoms with Gasteiger partial charge in [-0.3, -0.25) is 4.90 Å². The fraction of sp³-hybridized carbons (Fsp3) is 0.684. The number of methoxy groups -OCH3 is 1. The van der Waals surface area contributed by atoms with Crippen molar-refractivity contribution in [3.05, 3.63) is 23.3 Å². The summed E-state index contributed by atoms with van der Waals surface area (Å²) in [6, 6.07) is 4.90. The maximum atomic E-state index is 10.1. The molecule has 4 heteroatoms. The average molecular weight is 317 g/mol. The summed E-state index contributed by atoms with van der Waals surface area (Å²) in [6.45, 7) is 6.19. The zero-order chi connectivity index (χ0) is 16.2. The predicted octanol–water partition coefficient (Wildman–Crippen LogP) is 2.85. The molecule has 126 valence electrons. The van der Waals surface area contributed by atoms with E-state index in [1.165, 1.54) is 17.5 Å². The third kappa shape index (κ3) is 2.26. The molecular formula is C19H27NO3. The van der Waals surface area contributed by atoms with E-state index in [4.69, 9.17) is 9.47 Å². The van der Waals surface area contributed by atoms with Crippen LogP contribution >= 0.6 is 0 Å². The fourth-order valence-corrected chi connectivity index (χ4v) is 5.04. The molecule has 2 heterocycles. The van der Waals surface area contributed by atoms with Gasteiger partial charge >= 0.3 is 0 Å². The van der Waals surface area contributed by atoms with Gasteiger partial charge < -0.3 is 14.6 Å². The van der Waals surface area contributed by atoms with E-state index in [0.717, 1.165) is 43.9 Å². The number of nitrogens with zero attached hydrogens (tertiary/aromatic N) is 1. The molecule has 1 saturated heterocycles. The zero-order valence-electron chi connectivity index (χ0n) is 14.3. The molecule has 1 aromatic carbocycles. The first-order chi connectivity index (χ1) is 11.0. The standard InChI is InChI=1S/C19H27NO3/c1-12(2)23-17-8-13-11-20-7-6-19(15(13)10-16(17)22-3)5-4-14(21)9-18(19)20/h8,10,12,14,18,21H,4-7,9,11H2,1-3H3/t14-,18+,19+/m1/s1. The Labute approximate surface area is 138 Å². The Kier molecular flexibility index (Phi) is 3.58. The molecular weight excluding hydrogens is 290 g/mol. The van der Waals surface area contributed by atoms with Gasteiger partial charge in [0.1, 0.15) is 0 Å². The molecule has 23 heavy (non-hydrogen) atoms. The second kappa shape index (κ2) is 5.38. The number of hydrogen-bond donors (Lipinski definition) is 1. The van der Waals surface area contributed by atoms with Crippen molar-refractivity contribution in [3.63, 3.8) is 0 Å². The van der Waals surface area contributed by atoms with Gasteiger partial charge in [-0.05, 0) is 69.3 Å². The minimum absolute atomic E-state index is 0.137. The molecule has 1 aromatic rings. The van der Waals surface area contributed by atoms with Gasteiger partial charge in [0.15, 0.2) is 11.5 Å². The number of aliphatic hydroxyl groups is 1. The molecule has 1 unspecified atom stereocenters. The Hall–Kier alpha value is -1.26. The van der Waals surface area contributed by atoms with Crippen LogP contribution in [0.3, 0.4) is 0 Å². The summed E-state index contributed by atoms with van der Waals surface area (Å²) >= 11 is 0. The molecule has 0 aromatic heterocycles. The summed E-state index contributed by atoms with van der Waals surface area (Å²) in [5, 5.41) is 10.1. The van der Waals surface area contributed by atoms with E-state index in [2.05, 4.69) is 17.0 Å². The first-order valence-corrected chi connectivity index (χ1v) is 8.83. The van der Waals surface area contributed by atoms with Crippen LogP contribution in [0.1, 0.15) is 50.7 Å². The molecule has 0 radical (unpaired) electrons. The van der Waals surface area contributed by atoms with Crippen molar-refractivity contribution in [3.8, 4) is 11.5 Å². The Morgan fingerprint density at radius 3 is 2.83 bits per heavy atom. The highest BCUT2D eigenvalue weighted by Gasteiger charge is 2.54. The lowest BCUT2D eigenvalue weighted by Crippen LogP contribution is -2.51. The maximum absolute atomic E-state index is 10.1. The van der Waals surface area contributed by atoms with Crippen molar-refractivity contribution < 1.29 is 14.6 Å². The van der Waals surface area contributed by atoms with E-state index in [9.17, 15) is 5.11 Å². The molecule has 2 bridgehead atoms. The Bertz CT molecular complexity index is 615. The topological polar surface area (TPSA) is 41.9 Å². The van der Waals surface area contributed by atoms with E-state index in [1.54, 1.807) is 7.11 Å². The largest absolute Gasteiger partial charge is 0.493 e. The van der Waals surface area contributed by atoms with Gasteiger partial charge in [0, 0.05) is 18.0 Å². The van der Waals surface area contributed by atoms with Gasteiger partial charge in [0.05, 0.1) is 19.3 Å². The van der Waals surface area contributed by atoms with Gasteiger partial charge in [-0.15, -0.1) is 0 Å². The van der Waals surface area contributed by atoms with Crippen molar-refractivity contribution in [2.24, 2.45) is 0 Å². The Morgan fingerprint density at radius 2 is 2.09 bits per heavy atom. The van der Waals surface area contributed by atoms with Crippen molar-refractivity contribution in [1.82, 2.24) is 4.90 Å². The smallest absolute Gasteiger partial charge is 0.161 e. The summed E-state index contributed by atoms with van der Waals surface area (Å²) in [6.07, 6.45) is 4.10. The van der Waals surface area contributed by atoms with Crippen LogP contribution in [0, 0.1) is 0 Å². The number of hydrogen-bond acceptors (Lipinski definition) is 4. The van der Waals surface area contributed by atoms with Gasteiger partial charge in [-0.1, -0.05) is 0 Å². The number of ether oxygens (including phenoxy) is 2. The van der Waals surface area contributed by atoms with Crippen LogP contribution in [0.15, 0.2) is 12.1 Å². The van der Waals surface area contributed by atoms with E-state index in [-0.39, 0.29) is 17.6 Å². The van der Waals surface area contributed by atoms with Crippen molar-refractivity contribution in [2.45, 2.75) is 69.7 Å². The number of fused-ring (bicyclic) bond motifs is 1. The second-order valence-electron chi connectivity index (χ2n) is 7.65. The lowest BCUT2D eigenvalue weighted by atomic mass is 9.63. The fourth-order valence-electron chi connectivity index (χ4n) is 5.04. The first-order valence-electron chi connectivity index (χ1n) is 8.83. The van der Waals surface area contributed by atoms with Crippen molar-refractivity contribution in [2.75, 3.05) is 13.7 Å². The van der Waals surface area contributed by atoms with Gasteiger partial charge in [-0.25, -0.2) is 0 Å². The average Bonchev–Trinajstić information content (AvgIpc) is 2.78. The molecule has 2 aliphatic heterocycles. The molecule has 4 atom stereocenters. The lowest BCUT2D eigenvalue weighted by Gasteiger charge is -2.48. The van der Waals surface area contributed by atoms with Crippen LogP contribution in [0.5, 0.6) is 11.5 Å². The molecule has 4 rings (SSSR count). The minimum atomic E-state index is -0.138.